The molecule has 3 aromatic rings. The molecule has 0 spiro atoms. The molecule has 1 aromatic heterocycles. The molecule has 0 atom stereocenters. The van der Waals surface area contributed by atoms with Gasteiger partial charge >= 0.3 is 0 Å². The molecule has 0 radical (unpaired) electrons. The number of hydrogen-bond donors (Lipinski definition) is 1. The highest BCUT2D eigenvalue weighted by Crippen LogP contribution is 2.28. The van der Waals surface area contributed by atoms with Crippen molar-refractivity contribution in [3.05, 3.63) is 87.2 Å². The van der Waals surface area contributed by atoms with Gasteiger partial charge in [0.2, 0.25) is 0 Å². The summed E-state index contributed by atoms with van der Waals surface area (Å²) in [6.45, 7) is 5.99. The lowest BCUT2D eigenvalue weighted by atomic mass is 10.0. The second-order valence-corrected chi connectivity index (χ2v) is 8.88. The number of aromatic nitrogens is 1. The minimum Gasteiger partial charge on any atom is -0.318 e. The van der Waals surface area contributed by atoms with Crippen molar-refractivity contribution in [2.75, 3.05) is 4.90 Å². The Balaban J connectivity index is 1.77. The summed E-state index contributed by atoms with van der Waals surface area (Å²) in [4.78, 5) is 27.6. The molecule has 1 aliphatic rings. The van der Waals surface area contributed by atoms with Crippen LogP contribution in [0, 0.1) is 13.8 Å². The van der Waals surface area contributed by atoms with Crippen LogP contribution in [0.2, 0.25) is 0 Å². The number of para-hydroxylation sites is 1. The van der Waals surface area contributed by atoms with Gasteiger partial charge in [-0.1, -0.05) is 41.1 Å². The Labute approximate surface area is 200 Å². The number of nitrogens with one attached hydrogen (secondary N) is 1. The van der Waals surface area contributed by atoms with Crippen molar-refractivity contribution >= 4 is 56.8 Å². The molecule has 2 heterocycles. The zero-order chi connectivity index (χ0) is 23.0. The van der Waals surface area contributed by atoms with E-state index in [1.807, 2.05) is 75.4 Å². The van der Waals surface area contributed by atoms with Gasteiger partial charge in [0, 0.05) is 21.5 Å². The number of benzene rings is 2. The van der Waals surface area contributed by atoms with Crippen LogP contribution in [0.4, 0.5) is 5.69 Å². The van der Waals surface area contributed by atoms with E-state index in [4.69, 9.17) is 12.2 Å². The predicted octanol–water partition coefficient (Wildman–Crippen LogP) is 5.25. The number of carbonyl (C=O) groups is 2. The van der Waals surface area contributed by atoms with Crippen molar-refractivity contribution in [3.63, 3.8) is 0 Å². The quantitative estimate of drug-likeness (QED) is 0.298. The van der Waals surface area contributed by atoms with Gasteiger partial charge in [-0.05, 0) is 86.1 Å². The summed E-state index contributed by atoms with van der Waals surface area (Å²) in [6, 6.07) is 17.5. The fourth-order valence-electron chi connectivity index (χ4n) is 3.98. The summed E-state index contributed by atoms with van der Waals surface area (Å²) in [6.07, 6.45) is 2.39. The molecular weight excluding hydrogens is 486 g/mol. The first-order valence-corrected chi connectivity index (χ1v) is 11.5. The molecule has 1 aliphatic heterocycles. The summed E-state index contributed by atoms with van der Waals surface area (Å²) in [5, 5.41) is 2.77. The normalized spacial score (nSPS) is 15.4. The maximum Gasteiger partial charge on any atom is 0.270 e. The van der Waals surface area contributed by atoms with E-state index >= 15 is 0 Å². The summed E-state index contributed by atoms with van der Waals surface area (Å²) < 4.78 is 3.10. The summed E-state index contributed by atoms with van der Waals surface area (Å²) in [5.41, 5.74) is 5.48. The van der Waals surface area contributed by atoms with Gasteiger partial charge in [0.25, 0.3) is 11.8 Å². The number of rotatable bonds is 4. The first-order valence-electron chi connectivity index (χ1n) is 10.3. The Kier molecular flexibility index (Phi) is 6.13. The molecule has 4 rings (SSSR count). The smallest absolute Gasteiger partial charge is 0.270 e. The molecule has 1 N–H and O–H groups in total. The molecule has 1 fully saturated rings. The maximum absolute atomic E-state index is 13.4. The van der Waals surface area contributed by atoms with E-state index in [1.54, 1.807) is 6.08 Å². The largest absolute Gasteiger partial charge is 0.318 e. The lowest BCUT2D eigenvalue weighted by Crippen LogP contribution is -2.54. The fourth-order valence-corrected chi connectivity index (χ4v) is 4.52. The second kappa shape index (κ2) is 8.84. The Morgan fingerprint density at radius 1 is 1.06 bits per heavy atom. The van der Waals surface area contributed by atoms with E-state index < -0.39 is 11.8 Å². The fraction of sp³-hybridized carbons (Fsp3) is 0.160. The van der Waals surface area contributed by atoms with Gasteiger partial charge in [0.1, 0.15) is 5.57 Å². The van der Waals surface area contributed by atoms with Crippen LogP contribution in [-0.2, 0) is 16.0 Å². The molecule has 0 aliphatic carbocycles. The van der Waals surface area contributed by atoms with Gasteiger partial charge in [-0.25, -0.2) is 0 Å². The molecule has 162 valence electrons. The molecule has 0 bridgehead atoms. The van der Waals surface area contributed by atoms with E-state index in [2.05, 4.69) is 25.8 Å². The Morgan fingerprint density at radius 3 is 2.44 bits per heavy atom. The number of halogens is 1. The number of thiocarbonyl (C=S) groups is 1. The highest BCUT2D eigenvalue weighted by Gasteiger charge is 2.35. The van der Waals surface area contributed by atoms with Gasteiger partial charge < -0.3 is 4.57 Å². The average Bonchev–Trinajstić information content (AvgIpc) is 3.05. The van der Waals surface area contributed by atoms with Gasteiger partial charge in [-0.3, -0.25) is 19.8 Å². The van der Waals surface area contributed by atoms with Crippen LogP contribution in [-0.4, -0.2) is 21.5 Å². The maximum atomic E-state index is 13.4. The SMILES string of the molecule is CCc1ccccc1N1C(=O)/C(=C/c2cc(C)n(-c3ccc(Br)cc3)c2C)C(=O)NC1=S. The number of anilines is 1. The summed E-state index contributed by atoms with van der Waals surface area (Å²) in [7, 11) is 0. The third-order valence-electron chi connectivity index (χ3n) is 5.57. The third-order valence-corrected chi connectivity index (χ3v) is 6.38. The van der Waals surface area contributed by atoms with E-state index in [0.29, 0.717) is 5.69 Å². The molecule has 7 heteroatoms. The second-order valence-electron chi connectivity index (χ2n) is 7.58. The lowest BCUT2D eigenvalue weighted by molar-refractivity contribution is -0.122. The number of hydrogen-bond acceptors (Lipinski definition) is 3. The van der Waals surface area contributed by atoms with Crippen molar-refractivity contribution in [1.29, 1.82) is 0 Å². The third kappa shape index (κ3) is 3.94. The lowest BCUT2D eigenvalue weighted by Gasteiger charge is -2.30. The van der Waals surface area contributed by atoms with Gasteiger partial charge in [-0.2, -0.15) is 0 Å². The monoisotopic (exact) mass is 507 g/mol. The zero-order valence-corrected chi connectivity index (χ0v) is 20.4. The minimum absolute atomic E-state index is 0.0561. The van der Waals surface area contributed by atoms with Crippen molar-refractivity contribution in [2.24, 2.45) is 0 Å². The number of amides is 2. The summed E-state index contributed by atoms with van der Waals surface area (Å²) in [5.74, 6) is -0.910. The van der Waals surface area contributed by atoms with E-state index in [0.717, 1.165) is 39.1 Å². The van der Waals surface area contributed by atoms with Crippen molar-refractivity contribution in [3.8, 4) is 5.69 Å². The predicted molar refractivity (Wildman–Crippen MR) is 135 cm³/mol. The van der Waals surface area contributed by atoms with Crippen LogP contribution in [0.15, 0.2) is 64.6 Å². The highest BCUT2D eigenvalue weighted by atomic mass is 79.9. The minimum atomic E-state index is -0.487. The van der Waals surface area contributed by atoms with Crippen LogP contribution in [0.5, 0.6) is 0 Å². The van der Waals surface area contributed by atoms with Gasteiger partial charge in [0.15, 0.2) is 5.11 Å². The van der Waals surface area contributed by atoms with Crippen LogP contribution in [0.1, 0.15) is 29.4 Å². The van der Waals surface area contributed by atoms with Crippen LogP contribution in [0.3, 0.4) is 0 Å². The molecule has 32 heavy (non-hydrogen) atoms. The van der Waals surface area contributed by atoms with Crippen molar-refractivity contribution < 1.29 is 9.59 Å². The molecule has 5 nitrogen and oxygen atoms in total. The molecule has 2 aromatic carbocycles. The summed E-state index contributed by atoms with van der Waals surface area (Å²) >= 11 is 8.81. The van der Waals surface area contributed by atoms with Gasteiger partial charge in [0.05, 0.1) is 5.69 Å². The first kappa shape index (κ1) is 22.2. The van der Waals surface area contributed by atoms with E-state index in [9.17, 15) is 9.59 Å². The van der Waals surface area contributed by atoms with Gasteiger partial charge in [-0.15, -0.1) is 0 Å². The Hall–Kier alpha value is -3.03. The Bertz CT molecular complexity index is 1270. The topological polar surface area (TPSA) is 54.3 Å². The molecular formula is C25H22BrN3O2S. The first-order chi connectivity index (χ1) is 15.3. The number of aryl methyl sites for hydroxylation is 2. The molecule has 1 saturated heterocycles. The van der Waals surface area contributed by atoms with Crippen molar-refractivity contribution in [1.82, 2.24) is 9.88 Å². The highest BCUT2D eigenvalue weighted by molar-refractivity contribution is 9.10. The van der Waals surface area contributed by atoms with E-state index in [1.165, 1.54) is 4.90 Å². The number of carbonyl (C=O) groups excluding carboxylic acids is 2. The van der Waals surface area contributed by atoms with E-state index in [-0.39, 0.29) is 10.7 Å². The molecule has 0 saturated carbocycles. The van der Waals surface area contributed by atoms with Crippen LogP contribution in [0.25, 0.3) is 11.8 Å². The number of nitrogens with zero attached hydrogens (tertiary/aromatic N) is 2. The van der Waals surface area contributed by atoms with Crippen molar-refractivity contribution in [2.45, 2.75) is 27.2 Å². The molecule has 0 unspecified atom stereocenters. The Morgan fingerprint density at radius 2 is 1.75 bits per heavy atom. The molecule has 2 amide bonds. The van der Waals surface area contributed by atoms with Crippen LogP contribution >= 0.6 is 28.1 Å². The zero-order valence-electron chi connectivity index (χ0n) is 18.0. The standard InChI is InChI=1S/C25H22BrN3O2S/c1-4-17-7-5-6-8-22(17)29-24(31)21(23(30)27-25(29)32)14-18-13-15(2)28(16(18)3)20-11-9-19(26)10-12-20/h5-14H,4H2,1-3H3,(H,27,30,32)/b21-14+. The average molecular weight is 508 g/mol. The van der Waals surface area contributed by atoms with Crippen LogP contribution < -0.4 is 10.2 Å².